The molecule has 7 heteroatoms. The number of benzene rings is 2. The first kappa shape index (κ1) is 18.8. The first-order valence-corrected chi connectivity index (χ1v) is 8.74. The summed E-state index contributed by atoms with van der Waals surface area (Å²) in [6.07, 6.45) is 0. The Labute approximate surface area is 161 Å². The van der Waals surface area contributed by atoms with Crippen LogP contribution >= 0.6 is 11.6 Å². The number of esters is 1. The molecule has 0 aliphatic carbocycles. The van der Waals surface area contributed by atoms with Crippen LogP contribution < -0.4 is 9.47 Å². The molecule has 0 aliphatic rings. The van der Waals surface area contributed by atoms with Crippen LogP contribution in [0.2, 0.25) is 5.02 Å². The van der Waals surface area contributed by atoms with Gasteiger partial charge in [-0.1, -0.05) is 28.9 Å². The number of rotatable bonds is 8. The van der Waals surface area contributed by atoms with Crippen molar-refractivity contribution in [3.63, 3.8) is 0 Å². The van der Waals surface area contributed by atoms with Gasteiger partial charge in [0, 0.05) is 16.7 Å². The van der Waals surface area contributed by atoms with E-state index in [4.69, 9.17) is 30.3 Å². The van der Waals surface area contributed by atoms with E-state index >= 15 is 0 Å². The second kappa shape index (κ2) is 9.09. The molecule has 0 bridgehead atoms. The fraction of sp³-hybridized carbons (Fsp3) is 0.200. The van der Waals surface area contributed by atoms with E-state index < -0.39 is 5.97 Å². The standard InChI is InChI=1S/C20H18ClNO5/c1-2-24-16-7-9-17(10-8-16)25-13-20(23)26-12-18-11-19(22-27-18)14-3-5-15(21)6-4-14/h3-11H,2,12-13H2,1H3. The Morgan fingerprint density at radius 1 is 1.04 bits per heavy atom. The minimum atomic E-state index is -0.506. The van der Waals surface area contributed by atoms with E-state index in [0.29, 0.717) is 28.8 Å². The molecular weight excluding hydrogens is 370 g/mol. The number of nitrogens with zero attached hydrogens (tertiary/aromatic N) is 1. The van der Waals surface area contributed by atoms with Crippen molar-refractivity contribution in [3.05, 3.63) is 65.4 Å². The molecule has 1 aromatic heterocycles. The molecule has 0 fully saturated rings. The van der Waals surface area contributed by atoms with Gasteiger partial charge in [0.15, 0.2) is 19.0 Å². The number of aromatic nitrogens is 1. The molecule has 6 nitrogen and oxygen atoms in total. The normalized spacial score (nSPS) is 10.4. The summed E-state index contributed by atoms with van der Waals surface area (Å²) in [5.41, 5.74) is 1.50. The zero-order valence-electron chi connectivity index (χ0n) is 14.7. The van der Waals surface area contributed by atoms with Gasteiger partial charge < -0.3 is 18.7 Å². The van der Waals surface area contributed by atoms with Crippen LogP contribution in [0.25, 0.3) is 11.3 Å². The summed E-state index contributed by atoms with van der Waals surface area (Å²) < 4.78 is 21.1. The maximum atomic E-state index is 11.8. The Kier molecular flexibility index (Phi) is 6.33. The lowest BCUT2D eigenvalue weighted by Crippen LogP contribution is -2.14. The van der Waals surface area contributed by atoms with E-state index in [0.717, 1.165) is 11.3 Å². The topological polar surface area (TPSA) is 70.8 Å². The molecule has 3 rings (SSSR count). The molecule has 0 N–H and O–H groups in total. The summed E-state index contributed by atoms with van der Waals surface area (Å²) in [6.45, 7) is 2.28. The number of carbonyl (C=O) groups is 1. The highest BCUT2D eigenvalue weighted by molar-refractivity contribution is 6.30. The van der Waals surface area contributed by atoms with Gasteiger partial charge in [0.1, 0.15) is 17.2 Å². The predicted molar refractivity (Wildman–Crippen MR) is 99.9 cm³/mol. The van der Waals surface area contributed by atoms with Crippen LogP contribution in [-0.4, -0.2) is 24.3 Å². The van der Waals surface area contributed by atoms with Crippen LogP contribution in [0.1, 0.15) is 12.7 Å². The summed E-state index contributed by atoms with van der Waals surface area (Å²) in [6, 6.07) is 15.9. The van der Waals surface area contributed by atoms with Crippen molar-refractivity contribution in [3.8, 4) is 22.8 Å². The third kappa shape index (κ3) is 5.49. The lowest BCUT2D eigenvalue weighted by Gasteiger charge is -2.07. The number of halogens is 1. The van der Waals surface area contributed by atoms with Crippen molar-refractivity contribution in [2.75, 3.05) is 13.2 Å². The van der Waals surface area contributed by atoms with Crippen molar-refractivity contribution in [2.45, 2.75) is 13.5 Å². The van der Waals surface area contributed by atoms with Gasteiger partial charge >= 0.3 is 5.97 Å². The smallest absolute Gasteiger partial charge is 0.344 e. The minimum absolute atomic E-state index is 0.0218. The van der Waals surface area contributed by atoms with Crippen LogP contribution in [-0.2, 0) is 16.1 Å². The van der Waals surface area contributed by atoms with Crippen LogP contribution in [0.15, 0.2) is 59.1 Å². The highest BCUT2D eigenvalue weighted by Crippen LogP contribution is 2.22. The van der Waals surface area contributed by atoms with Crippen LogP contribution in [0.4, 0.5) is 0 Å². The molecule has 0 amide bonds. The zero-order valence-corrected chi connectivity index (χ0v) is 15.4. The second-order valence-corrected chi connectivity index (χ2v) is 5.98. The van der Waals surface area contributed by atoms with Crippen molar-refractivity contribution in [1.29, 1.82) is 0 Å². The molecular formula is C20H18ClNO5. The summed E-state index contributed by atoms with van der Waals surface area (Å²) >= 11 is 5.87. The number of carbonyl (C=O) groups excluding carboxylic acids is 1. The predicted octanol–water partition coefficient (Wildman–Crippen LogP) is 4.52. The fourth-order valence-corrected chi connectivity index (χ4v) is 2.40. The number of hydrogen-bond donors (Lipinski definition) is 0. The first-order valence-electron chi connectivity index (χ1n) is 8.37. The van der Waals surface area contributed by atoms with E-state index in [1.54, 1.807) is 42.5 Å². The second-order valence-electron chi connectivity index (χ2n) is 5.54. The van der Waals surface area contributed by atoms with Gasteiger partial charge in [0.05, 0.1) is 6.61 Å². The Hall–Kier alpha value is -2.99. The van der Waals surface area contributed by atoms with E-state index in [2.05, 4.69) is 5.16 Å². The van der Waals surface area contributed by atoms with Crippen molar-refractivity contribution < 1.29 is 23.5 Å². The molecule has 2 aromatic carbocycles. The molecule has 0 unspecified atom stereocenters. The minimum Gasteiger partial charge on any atom is -0.494 e. The van der Waals surface area contributed by atoms with Crippen molar-refractivity contribution in [2.24, 2.45) is 0 Å². The van der Waals surface area contributed by atoms with Crippen LogP contribution in [0.3, 0.4) is 0 Å². The van der Waals surface area contributed by atoms with Gasteiger partial charge in [0.2, 0.25) is 0 Å². The van der Waals surface area contributed by atoms with Gasteiger partial charge in [-0.25, -0.2) is 4.79 Å². The molecule has 0 atom stereocenters. The Balaban J connectivity index is 1.46. The quantitative estimate of drug-likeness (QED) is 0.529. The zero-order chi connectivity index (χ0) is 19.1. The van der Waals surface area contributed by atoms with Crippen LogP contribution in [0.5, 0.6) is 11.5 Å². The third-order valence-corrected chi connectivity index (χ3v) is 3.82. The van der Waals surface area contributed by atoms with Crippen LogP contribution in [0, 0.1) is 0 Å². The Morgan fingerprint density at radius 3 is 2.37 bits per heavy atom. The molecule has 140 valence electrons. The van der Waals surface area contributed by atoms with Crippen molar-refractivity contribution >= 4 is 17.6 Å². The number of hydrogen-bond acceptors (Lipinski definition) is 6. The maximum Gasteiger partial charge on any atom is 0.344 e. The Bertz CT molecular complexity index is 874. The number of ether oxygens (including phenoxy) is 3. The largest absolute Gasteiger partial charge is 0.494 e. The van der Waals surface area contributed by atoms with Gasteiger partial charge in [0.25, 0.3) is 0 Å². The monoisotopic (exact) mass is 387 g/mol. The highest BCUT2D eigenvalue weighted by Gasteiger charge is 2.10. The van der Waals surface area contributed by atoms with Gasteiger partial charge in [-0.15, -0.1) is 0 Å². The Morgan fingerprint density at radius 2 is 1.70 bits per heavy atom. The molecule has 0 spiro atoms. The SMILES string of the molecule is CCOc1ccc(OCC(=O)OCc2cc(-c3ccc(Cl)cc3)no2)cc1. The molecule has 27 heavy (non-hydrogen) atoms. The summed E-state index contributed by atoms with van der Waals surface area (Å²) in [5.74, 6) is 1.23. The fourth-order valence-electron chi connectivity index (χ4n) is 2.27. The van der Waals surface area contributed by atoms with Crippen molar-refractivity contribution in [1.82, 2.24) is 5.16 Å². The first-order chi connectivity index (χ1) is 13.1. The van der Waals surface area contributed by atoms with E-state index in [1.807, 2.05) is 19.1 Å². The average Bonchev–Trinajstić information content (AvgIpc) is 3.16. The molecule has 3 aromatic rings. The summed E-state index contributed by atoms with van der Waals surface area (Å²) in [7, 11) is 0. The van der Waals surface area contributed by atoms with Gasteiger partial charge in [-0.3, -0.25) is 0 Å². The lowest BCUT2D eigenvalue weighted by atomic mass is 10.1. The van der Waals surface area contributed by atoms with E-state index in [1.165, 1.54) is 0 Å². The van der Waals surface area contributed by atoms with Gasteiger partial charge in [-0.2, -0.15) is 0 Å². The average molecular weight is 388 g/mol. The molecule has 0 aliphatic heterocycles. The molecule has 0 saturated carbocycles. The van der Waals surface area contributed by atoms with E-state index in [9.17, 15) is 4.79 Å². The summed E-state index contributed by atoms with van der Waals surface area (Å²) in [4.78, 5) is 11.8. The highest BCUT2D eigenvalue weighted by atomic mass is 35.5. The van der Waals surface area contributed by atoms with E-state index in [-0.39, 0.29) is 13.2 Å². The van der Waals surface area contributed by atoms with Gasteiger partial charge in [-0.05, 0) is 43.3 Å². The molecule has 0 saturated heterocycles. The molecule has 0 radical (unpaired) electrons. The molecule has 1 heterocycles. The third-order valence-electron chi connectivity index (χ3n) is 3.57. The lowest BCUT2D eigenvalue weighted by molar-refractivity contribution is -0.147. The summed E-state index contributed by atoms with van der Waals surface area (Å²) in [5, 5.41) is 4.60. The maximum absolute atomic E-state index is 11.8.